The maximum Gasteiger partial charge on any atom is 0.293 e. The molecule has 8 rings (SSSR count). The van der Waals surface area contributed by atoms with Crippen LogP contribution >= 0.6 is 23.4 Å². The molecule has 2 aliphatic rings. The lowest BCUT2D eigenvalue weighted by molar-refractivity contribution is -0.384. The Bertz CT molecular complexity index is 2900. The van der Waals surface area contributed by atoms with Crippen molar-refractivity contribution in [2.45, 2.75) is 48.1 Å². The summed E-state index contributed by atoms with van der Waals surface area (Å²) in [5.74, 6) is 0.403. The van der Waals surface area contributed by atoms with E-state index in [4.69, 9.17) is 11.6 Å². The highest BCUT2D eigenvalue weighted by molar-refractivity contribution is 7.99. The van der Waals surface area contributed by atoms with Crippen LogP contribution in [-0.2, 0) is 17.1 Å². The van der Waals surface area contributed by atoms with Crippen molar-refractivity contribution >= 4 is 74.4 Å². The highest BCUT2D eigenvalue weighted by atomic mass is 35.5. The quantitative estimate of drug-likeness (QED) is 0.0263. The lowest BCUT2D eigenvalue weighted by atomic mass is 9.96. The van der Waals surface area contributed by atoms with Crippen molar-refractivity contribution < 1.29 is 23.2 Å². The molecule has 2 saturated heterocycles. The van der Waals surface area contributed by atoms with E-state index >= 15 is 0 Å². The predicted molar refractivity (Wildman–Crippen MR) is 284 cm³/mol. The number of rotatable bonds is 19. The molecule has 0 spiro atoms. The normalized spacial score (nSPS) is 15.1. The van der Waals surface area contributed by atoms with Crippen LogP contribution in [0, 0.1) is 17.0 Å². The number of sulfonamides is 1. The van der Waals surface area contributed by atoms with E-state index < -0.39 is 14.9 Å². The molecule has 70 heavy (non-hydrogen) atoms. The molecule has 0 unspecified atom stereocenters. The number of benzene rings is 5. The Morgan fingerprint density at radius 1 is 0.886 bits per heavy atom. The van der Waals surface area contributed by atoms with Crippen molar-refractivity contribution in [3.8, 4) is 22.4 Å². The number of aromatic nitrogens is 1. The van der Waals surface area contributed by atoms with Crippen molar-refractivity contribution in [1.29, 1.82) is 0 Å². The number of thioether (sulfide) groups is 1. The van der Waals surface area contributed by atoms with E-state index in [1.165, 1.54) is 12.1 Å². The second-order valence-corrected chi connectivity index (χ2v) is 20.8. The molecule has 0 bridgehead atoms. The first-order valence-corrected chi connectivity index (χ1v) is 26.1. The summed E-state index contributed by atoms with van der Waals surface area (Å²) in [7, 11) is -2.24. The van der Waals surface area contributed by atoms with E-state index in [1.807, 2.05) is 97.4 Å². The molecule has 3 heterocycles. The third-order valence-corrected chi connectivity index (χ3v) is 15.8. The number of hydrogen-bond acceptors (Lipinski definition) is 12. The summed E-state index contributed by atoms with van der Waals surface area (Å²) in [5.41, 5.74) is 7.11. The minimum Gasteiger partial charge on any atom is -0.393 e. The second-order valence-electron chi connectivity index (χ2n) is 17.6. The van der Waals surface area contributed by atoms with E-state index in [0.717, 1.165) is 82.9 Å². The minimum absolute atomic E-state index is 0.0933. The Morgan fingerprint density at radius 3 is 2.24 bits per heavy atom. The first-order chi connectivity index (χ1) is 33.8. The fraction of sp³-hybridized carbons (Fsp3) is 0.308. The molecule has 4 N–H and O–H groups in total. The van der Waals surface area contributed by atoms with Gasteiger partial charge in [0.2, 0.25) is 0 Å². The Balaban J connectivity index is 0.926. The van der Waals surface area contributed by atoms with E-state index in [-0.39, 0.29) is 41.0 Å². The number of nitro groups is 1. The number of hydrogen-bond donors (Lipinski definition) is 4. The number of amides is 1. The van der Waals surface area contributed by atoms with Crippen LogP contribution in [0.5, 0.6) is 0 Å². The van der Waals surface area contributed by atoms with Gasteiger partial charge in [0.05, 0.1) is 27.2 Å². The van der Waals surface area contributed by atoms with Gasteiger partial charge in [0.25, 0.3) is 21.6 Å². The standard InChI is InChI=1S/C52H58ClN9O6S2/c1-36-49(52(64)55-35-54-2)50(51(58(36)3)37-12-14-39(53)15-13-37)38-8-7-9-43(32-38)61-30-28-60(29-31-61)42-18-16-40(17-19-42)57-70(67,68)46-20-21-47(48(33-46)62(65)66)56-41(34-69-45-10-5-4-6-11-45)22-25-59-26-23-44(63)24-27-59/h4-21,32-33,41,44,56-57,63H,2,22-31,34-35H2,1,3H3,(H,55,64)/t41-/m1/s1. The zero-order valence-electron chi connectivity index (χ0n) is 39.3. The number of aliphatic hydroxyl groups is 1. The van der Waals surface area contributed by atoms with Gasteiger partial charge >= 0.3 is 0 Å². The van der Waals surface area contributed by atoms with Crippen LogP contribution in [0.2, 0.25) is 5.02 Å². The number of carbonyl (C=O) groups is 1. The third-order valence-electron chi connectivity index (χ3n) is 13.0. The first-order valence-electron chi connectivity index (χ1n) is 23.3. The van der Waals surface area contributed by atoms with E-state index in [1.54, 1.807) is 23.9 Å². The summed E-state index contributed by atoms with van der Waals surface area (Å²) in [6.45, 7) is 10.7. The lowest BCUT2D eigenvalue weighted by Gasteiger charge is -2.37. The molecule has 366 valence electrons. The van der Waals surface area contributed by atoms with Gasteiger partial charge in [0, 0.05) is 109 Å². The second kappa shape index (κ2) is 22.6. The van der Waals surface area contributed by atoms with Crippen molar-refractivity contribution in [3.63, 3.8) is 0 Å². The molecule has 2 aliphatic heterocycles. The van der Waals surface area contributed by atoms with Crippen LogP contribution in [0.3, 0.4) is 0 Å². The number of piperidine rings is 1. The van der Waals surface area contributed by atoms with Gasteiger partial charge in [-0.05, 0) is 117 Å². The van der Waals surface area contributed by atoms with Gasteiger partial charge < -0.3 is 35.0 Å². The molecule has 18 heteroatoms. The molecule has 1 amide bonds. The summed E-state index contributed by atoms with van der Waals surface area (Å²) in [6, 6.07) is 36.7. The molecule has 1 aromatic heterocycles. The summed E-state index contributed by atoms with van der Waals surface area (Å²) in [6.07, 6.45) is 1.86. The zero-order chi connectivity index (χ0) is 49.4. The molecule has 0 saturated carbocycles. The number of anilines is 4. The van der Waals surface area contributed by atoms with E-state index in [9.17, 15) is 28.4 Å². The maximum absolute atomic E-state index is 13.7. The Labute approximate surface area is 418 Å². The molecule has 6 aromatic rings. The number of piperazine rings is 1. The number of nitro benzene ring substituents is 1. The van der Waals surface area contributed by atoms with Gasteiger partial charge in [-0.3, -0.25) is 24.6 Å². The predicted octanol–water partition coefficient (Wildman–Crippen LogP) is 9.16. The molecule has 5 aromatic carbocycles. The summed E-state index contributed by atoms with van der Waals surface area (Å²) < 4.78 is 32.1. The fourth-order valence-electron chi connectivity index (χ4n) is 9.12. The Kier molecular flexibility index (Phi) is 16.1. The van der Waals surface area contributed by atoms with Crippen LogP contribution in [-0.4, -0.2) is 111 Å². The molecular formula is C52H58ClN9O6S2. The number of nitrogens with zero attached hydrogens (tertiary/aromatic N) is 6. The van der Waals surface area contributed by atoms with Crippen LogP contribution in [0.15, 0.2) is 136 Å². The first kappa shape index (κ1) is 50.0. The monoisotopic (exact) mass is 1000 g/mol. The van der Waals surface area contributed by atoms with Gasteiger partial charge in [-0.15, -0.1) is 11.8 Å². The van der Waals surface area contributed by atoms with Crippen molar-refractivity contribution in [3.05, 3.63) is 148 Å². The fourth-order valence-corrected chi connectivity index (χ4v) is 11.3. The molecule has 15 nitrogen and oxygen atoms in total. The van der Waals surface area contributed by atoms with Crippen LogP contribution in [0.4, 0.5) is 28.4 Å². The van der Waals surface area contributed by atoms with Crippen LogP contribution in [0.25, 0.3) is 22.4 Å². The smallest absolute Gasteiger partial charge is 0.293 e. The molecular weight excluding hydrogens is 946 g/mol. The number of halogens is 1. The summed E-state index contributed by atoms with van der Waals surface area (Å²) in [4.78, 5) is 37.1. The van der Waals surface area contributed by atoms with Gasteiger partial charge in [0.1, 0.15) is 12.4 Å². The number of likely N-dealkylation sites (tertiary alicyclic amines) is 1. The van der Waals surface area contributed by atoms with Gasteiger partial charge in [-0.2, -0.15) is 0 Å². The Morgan fingerprint density at radius 2 is 1.57 bits per heavy atom. The Hall–Kier alpha value is -6.37. The number of nitrogens with one attached hydrogen (secondary N) is 3. The molecule has 1 atom stereocenters. The summed E-state index contributed by atoms with van der Waals surface area (Å²) >= 11 is 7.92. The highest BCUT2D eigenvalue weighted by Crippen LogP contribution is 2.41. The van der Waals surface area contributed by atoms with Crippen molar-refractivity contribution in [2.24, 2.45) is 12.0 Å². The minimum atomic E-state index is -4.19. The van der Waals surface area contributed by atoms with E-state index in [2.05, 4.69) is 53.9 Å². The maximum atomic E-state index is 13.7. The third kappa shape index (κ3) is 12.0. The van der Waals surface area contributed by atoms with Crippen LogP contribution in [0.1, 0.15) is 35.3 Å². The van der Waals surface area contributed by atoms with Crippen molar-refractivity contribution in [1.82, 2.24) is 14.8 Å². The van der Waals surface area contributed by atoms with Crippen molar-refractivity contribution in [2.75, 3.05) is 78.1 Å². The highest BCUT2D eigenvalue weighted by Gasteiger charge is 2.28. The largest absolute Gasteiger partial charge is 0.393 e. The average molecular weight is 1000 g/mol. The van der Waals surface area contributed by atoms with Gasteiger partial charge in [-0.25, -0.2) is 8.42 Å². The van der Waals surface area contributed by atoms with Gasteiger partial charge in [-0.1, -0.05) is 54.1 Å². The zero-order valence-corrected chi connectivity index (χ0v) is 41.6. The molecule has 0 aliphatic carbocycles. The topological polar surface area (TPSA) is 178 Å². The number of aliphatic hydroxyl groups excluding tert-OH is 1. The molecule has 0 radical (unpaired) electrons. The number of carbonyl (C=O) groups excluding carboxylic acids is 1. The summed E-state index contributed by atoms with van der Waals surface area (Å²) in [5, 5.41) is 29.3. The molecule has 2 fully saturated rings. The SMILES string of the molecule is C=NCNC(=O)c1c(-c2cccc(N3CCN(c4ccc(NS(=O)(=O)c5ccc(N[C@H](CCN6CCC(O)CC6)CSc6ccccc6)c([N+](=O)[O-])c5)cc4)CC3)c2)c(-c2ccc(Cl)cc2)n(C)c1C. The number of aliphatic imine (C=N–C) groups is 1. The van der Waals surface area contributed by atoms with E-state index in [0.29, 0.717) is 54.6 Å². The van der Waals surface area contributed by atoms with Gasteiger partial charge in [0.15, 0.2) is 0 Å². The lowest BCUT2D eigenvalue weighted by Crippen LogP contribution is -2.46. The average Bonchev–Trinajstić information content (AvgIpc) is 3.64. The van der Waals surface area contributed by atoms with Crippen LogP contribution < -0.4 is 25.2 Å².